The topological polar surface area (TPSA) is 70.5 Å². The highest BCUT2D eigenvalue weighted by Crippen LogP contribution is 2.41. The number of rotatable bonds is 3. The Morgan fingerprint density at radius 2 is 1.94 bits per heavy atom. The second kappa shape index (κ2) is 4.73. The van der Waals surface area contributed by atoms with Crippen molar-refractivity contribution in [1.82, 2.24) is 5.16 Å². The molecular formula is C11H10ClFN2O3. The van der Waals surface area contributed by atoms with Crippen molar-refractivity contribution in [1.29, 1.82) is 0 Å². The molecule has 2 aromatic rings. The molecule has 2 rings (SSSR count). The lowest BCUT2D eigenvalue weighted by Crippen LogP contribution is -1.97. The molecule has 0 aliphatic heterocycles. The van der Waals surface area contributed by atoms with Crippen LogP contribution in [0.5, 0.6) is 11.5 Å². The van der Waals surface area contributed by atoms with Crippen molar-refractivity contribution in [3.05, 3.63) is 23.0 Å². The van der Waals surface area contributed by atoms with Crippen LogP contribution in [0.2, 0.25) is 5.02 Å². The highest BCUT2D eigenvalue weighted by atomic mass is 35.5. The van der Waals surface area contributed by atoms with E-state index < -0.39 is 5.82 Å². The fraction of sp³-hybridized carbons (Fsp3) is 0.182. The maximum absolute atomic E-state index is 14.1. The van der Waals surface area contributed by atoms with Crippen LogP contribution < -0.4 is 15.2 Å². The van der Waals surface area contributed by atoms with Crippen LogP contribution >= 0.6 is 11.6 Å². The van der Waals surface area contributed by atoms with Gasteiger partial charge in [-0.2, -0.15) is 4.39 Å². The Hall–Kier alpha value is -1.95. The summed E-state index contributed by atoms with van der Waals surface area (Å²) < 4.78 is 28.7. The third kappa shape index (κ3) is 1.95. The number of benzene rings is 1. The van der Waals surface area contributed by atoms with Gasteiger partial charge in [0, 0.05) is 6.07 Å². The van der Waals surface area contributed by atoms with E-state index in [2.05, 4.69) is 5.16 Å². The molecule has 0 atom stereocenters. The monoisotopic (exact) mass is 272 g/mol. The molecular weight excluding hydrogens is 263 g/mol. The lowest BCUT2D eigenvalue weighted by atomic mass is 10.1. The zero-order valence-corrected chi connectivity index (χ0v) is 10.4. The highest BCUT2D eigenvalue weighted by molar-refractivity contribution is 6.32. The van der Waals surface area contributed by atoms with Crippen molar-refractivity contribution < 1.29 is 18.4 Å². The Morgan fingerprint density at radius 1 is 1.28 bits per heavy atom. The third-order valence-electron chi connectivity index (χ3n) is 2.34. The molecule has 0 unspecified atom stereocenters. The largest absolute Gasteiger partial charge is 0.493 e. The van der Waals surface area contributed by atoms with Crippen molar-refractivity contribution in [2.24, 2.45) is 0 Å². The molecule has 0 radical (unpaired) electrons. The summed E-state index contributed by atoms with van der Waals surface area (Å²) >= 11 is 5.91. The number of nitrogens with zero attached hydrogens (tertiary/aromatic N) is 1. The van der Waals surface area contributed by atoms with Gasteiger partial charge in [0.05, 0.1) is 24.8 Å². The molecule has 18 heavy (non-hydrogen) atoms. The molecule has 1 heterocycles. The van der Waals surface area contributed by atoms with Gasteiger partial charge in [0.25, 0.3) is 0 Å². The number of nitrogen functional groups attached to an aromatic ring is 1. The van der Waals surface area contributed by atoms with Crippen LogP contribution in [-0.4, -0.2) is 19.4 Å². The van der Waals surface area contributed by atoms with Crippen LogP contribution in [0.1, 0.15) is 0 Å². The van der Waals surface area contributed by atoms with Gasteiger partial charge < -0.3 is 19.7 Å². The first-order chi connectivity index (χ1) is 8.58. The maximum atomic E-state index is 14.1. The van der Waals surface area contributed by atoms with Crippen LogP contribution in [0.15, 0.2) is 16.7 Å². The second-order valence-electron chi connectivity index (χ2n) is 3.40. The molecule has 5 nitrogen and oxygen atoms in total. The molecule has 2 N–H and O–H groups in total. The van der Waals surface area contributed by atoms with Gasteiger partial charge in [0.2, 0.25) is 11.7 Å². The van der Waals surface area contributed by atoms with E-state index in [0.29, 0.717) is 11.3 Å². The molecule has 1 aromatic heterocycles. The normalized spacial score (nSPS) is 10.4. The van der Waals surface area contributed by atoms with E-state index in [9.17, 15) is 4.39 Å². The standard InChI is InChI=1S/C11H10ClFN2O3/c1-16-10-5(7-4-8(14)18-15-7)3-6(12)11(17-2)9(10)13/h3-4H,14H2,1-2H3. The van der Waals surface area contributed by atoms with Crippen molar-refractivity contribution >= 4 is 17.5 Å². The van der Waals surface area contributed by atoms with Gasteiger partial charge in [-0.15, -0.1) is 0 Å². The average Bonchev–Trinajstić information content (AvgIpc) is 2.75. The molecule has 0 aliphatic carbocycles. The number of halogens is 2. The molecule has 0 saturated carbocycles. The van der Waals surface area contributed by atoms with E-state index in [1.54, 1.807) is 0 Å². The number of ether oxygens (including phenoxy) is 2. The summed E-state index contributed by atoms with van der Waals surface area (Å²) in [7, 11) is 2.65. The summed E-state index contributed by atoms with van der Waals surface area (Å²) in [4.78, 5) is 0. The smallest absolute Gasteiger partial charge is 0.222 e. The predicted octanol–water partition coefficient (Wildman–Crippen LogP) is 2.73. The minimum Gasteiger partial charge on any atom is -0.493 e. The second-order valence-corrected chi connectivity index (χ2v) is 3.81. The Kier molecular flexibility index (Phi) is 3.29. The van der Waals surface area contributed by atoms with Crippen molar-refractivity contribution in [3.63, 3.8) is 0 Å². The van der Waals surface area contributed by atoms with Crippen molar-refractivity contribution in [2.45, 2.75) is 0 Å². The Labute approximate surface area is 107 Å². The van der Waals surface area contributed by atoms with E-state index in [-0.39, 0.29) is 22.4 Å². The van der Waals surface area contributed by atoms with Crippen LogP contribution in [0.25, 0.3) is 11.3 Å². The minimum atomic E-state index is -0.705. The first kappa shape index (κ1) is 12.5. The van der Waals surface area contributed by atoms with Crippen LogP contribution in [-0.2, 0) is 0 Å². The Morgan fingerprint density at radius 3 is 2.44 bits per heavy atom. The zero-order valence-electron chi connectivity index (χ0n) is 9.66. The van der Waals surface area contributed by atoms with Crippen LogP contribution in [0, 0.1) is 5.82 Å². The van der Waals surface area contributed by atoms with E-state index in [1.165, 1.54) is 26.4 Å². The van der Waals surface area contributed by atoms with E-state index in [4.69, 9.17) is 31.3 Å². The van der Waals surface area contributed by atoms with Gasteiger partial charge in [-0.3, -0.25) is 0 Å². The summed E-state index contributed by atoms with van der Waals surface area (Å²) in [5.74, 6) is -0.721. The molecule has 1 aromatic carbocycles. The molecule has 0 fully saturated rings. The molecule has 0 aliphatic rings. The maximum Gasteiger partial charge on any atom is 0.222 e. The number of nitrogens with two attached hydrogens (primary N) is 1. The predicted molar refractivity (Wildman–Crippen MR) is 64.4 cm³/mol. The fourth-order valence-electron chi connectivity index (χ4n) is 1.58. The van der Waals surface area contributed by atoms with Crippen molar-refractivity contribution in [3.8, 4) is 22.8 Å². The van der Waals surface area contributed by atoms with Gasteiger partial charge in [0.15, 0.2) is 11.5 Å². The Bertz CT molecular complexity index is 586. The van der Waals surface area contributed by atoms with Gasteiger partial charge in [-0.05, 0) is 6.07 Å². The third-order valence-corrected chi connectivity index (χ3v) is 2.62. The van der Waals surface area contributed by atoms with Gasteiger partial charge in [-0.25, -0.2) is 0 Å². The number of hydrogen-bond donors (Lipinski definition) is 1. The summed E-state index contributed by atoms with van der Waals surface area (Å²) in [6.07, 6.45) is 0. The molecule has 0 bridgehead atoms. The van der Waals surface area contributed by atoms with E-state index >= 15 is 0 Å². The Balaban J connectivity index is 2.68. The summed E-state index contributed by atoms with van der Waals surface area (Å²) in [6, 6.07) is 2.92. The highest BCUT2D eigenvalue weighted by Gasteiger charge is 2.21. The summed E-state index contributed by atoms with van der Waals surface area (Å²) in [6.45, 7) is 0. The number of anilines is 1. The quantitative estimate of drug-likeness (QED) is 0.930. The van der Waals surface area contributed by atoms with Gasteiger partial charge in [0.1, 0.15) is 5.69 Å². The first-order valence-corrected chi connectivity index (χ1v) is 5.28. The molecule has 0 spiro atoms. The fourth-order valence-corrected chi connectivity index (χ4v) is 1.85. The number of methoxy groups -OCH3 is 2. The molecule has 0 amide bonds. The average molecular weight is 273 g/mol. The SMILES string of the molecule is COc1c(Cl)cc(-c2cc(N)on2)c(OC)c1F. The van der Waals surface area contributed by atoms with Gasteiger partial charge in [-0.1, -0.05) is 16.8 Å². The summed E-state index contributed by atoms with van der Waals surface area (Å²) in [5.41, 5.74) is 6.08. The lowest BCUT2D eigenvalue weighted by molar-refractivity contribution is 0.351. The molecule has 0 saturated heterocycles. The van der Waals surface area contributed by atoms with Crippen molar-refractivity contribution in [2.75, 3.05) is 20.0 Å². The van der Waals surface area contributed by atoms with Crippen LogP contribution in [0.4, 0.5) is 10.3 Å². The lowest BCUT2D eigenvalue weighted by Gasteiger charge is -2.12. The number of aromatic nitrogens is 1. The summed E-state index contributed by atoms with van der Waals surface area (Å²) in [5, 5.41) is 3.79. The van der Waals surface area contributed by atoms with E-state index in [1.807, 2.05) is 0 Å². The van der Waals surface area contributed by atoms with Crippen LogP contribution in [0.3, 0.4) is 0 Å². The minimum absolute atomic E-state index is 0.0375. The molecule has 96 valence electrons. The molecule has 7 heteroatoms. The number of hydrogen-bond acceptors (Lipinski definition) is 5. The zero-order chi connectivity index (χ0) is 13.3. The van der Waals surface area contributed by atoms with Gasteiger partial charge >= 0.3 is 0 Å². The van der Waals surface area contributed by atoms with E-state index in [0.717, 1.165) is 0 Å². The first-order valence-electron chi connectivity index (χ1n) is 4.91.